The van der Waals surface area contributed by atoms with Crippen LogP contribution in [0, 0.1) is 11.3 Å². The van der Waals surface area contributed by atoms with Crippen molar-refractivity contribution in [3.63, 3.8) is 0 Å². The third-order valence-corrected chi connectivity index (χ3v) is 2.02. The second-order valence-corrected chi connectivity index (χ2v) is 3.44. The van der Waals surface area contributed by atoms with E-state index in [4.69, 9.17) is 14.7 Å². The fourth-order valence-corrected chi connectivity index (χ4v) is 1.20. The Kier molecular flexibility index (Phi) is 5.27. The summed E-state index contributed by atoms with van der Waals surface area (Å²) >= 11 is 0. The lowest BCUT2D eigenvalue weighted by Gasteiger charge is -2.05. The van der Waals surface area contributed by atoms with E-state index < -0.39 is 0 Å². The molecule has 0 atom stereocenters. The highest BCUT2D eigenvalue weighted by Crippen LogP contribution is 2.15. The number of nitriles is 1. The Labute approximate surface area is 107 Å². The molecule has 0 unspecified atom stereocenters. The van der Waals surface area contributed by atoms with Gasteiger partial charge in [0.15, 0.2) is 0 Å². The summed E-state index contributed by atoms with van der Waals surface area (Å²) < 4.78 is 10.6. The number of benzene rings is 1. The minimum Gasteiger partial charge on any atom is -0.495 e. The van der Waals surface area contributed by atoms with Gasteiger partial charge in [0.05, 0.1) is 18.2 Å². The van der Waals surface area contributed by atoms with Gasteiger partial charge in [0, 0.05) is 0 Å². The molecule has 0 fully saturated rings. The van der Waals surface area contributed by atoms with Gasteiger partial charge in [-0.2, -0.15) is 5.26 Å². The molecule has 0 heterocycles. The molecule has 0 N–H and O–H groups in total. The molecule has 0 aliphatic rings. The van der Waals surface area contributed by atoms with Crippen LogP contribution in [0.25, 0.3) is 0 Å². The van der Waals surface area contributed by atoms with E-state index in [1.54, 1.807) is 36.4 Å². The number of hydrogen-bond donors (Lipinski definition) is 0. The lowest BCUT2D eigenvalue weighted by atomic mass is 10.2. The average Bonchev–Trinajstić information content (AvgIpc) is 2.38. The van der Waals surface area contributed by atoms with Crippen LogP contribution in [0.4, 0.5) is 0 Å². The van der Waals surface area contributed by atoms with Crippen molar-refractivity contribution in [2.24, 2.45) is 0 Å². The molecule has 1 aromatic carbocycles. The summed E-state index contributed by atoms with van der Waals surface area (Å²) in [5.74, 6) is 1.66. The fraction of sp³-hybridized carbons (Fsp3) is 0.133. The summed E-state index contributed by atoms with van der Waals surface area (Å²) in [6.45, 7) is 9.92. The maximum atomic E-state index is 8.66. The van der Waals surface area contributed by atoms with Crippen molar-refractivity contribution in [1.29, 1.82) is 5.26 Å². The Bertz CT molecular complexity index is 492. The zero-order valence-electron chi connectivity index (χ0n) is 10.3. The smallest absolute Gasteiger partial charge is 0.127 e. The summed E-state index contributed by atoms with van der Waals surface area (Å²) in [5.41, 5.74) is 0.591. The van der Waals surface area contributed by atoms with E-state index in [9.17, 15) is 0 Å². The third kappa shape index (κ3) is 4.58. The molecule has 3 heteroatoms. The topological polar surface area (TPSA) is 42.2 Å². The molecule has 18 heavy (non-hydrogen) atoms. The molecule has 0 amide bonds. The number of rotatable bonds is 6. The van der Waals surface area contributed by atoms with Gasteiger partial charge in [0.25, 0.3) is 0 Å². The summed E-state index contributed by atoms with van der Waals surface area (Å²) in [6.07, 6.45) is 3.37. The second kappa shape index (κ2) is 6.97. The highest BCUT2D eigenvalue weighted by atomic mass is 16.5. The van der Waals surface area contributed by atoms with Gasteiger partial charge in [0.1, 0.15) is 17.3 Å². The van der Waals surface area contributed by atoms with Gasteiger partial charge in [-0.15, -0.1) is 0 Å². The first-order valence-corrected chi connectivity index (χ1v) is 5.52. The van der Waals surface area contributed by atoms with Crippen LogP contribution in [0.15, 0.2) is 61.1 Å². The molecule has 0 aliphatic carbocycles. The van der Waals surface area contributed by atoms with E-state index in [-0.39, 0.29) is 0 Å². The van der Waals surface area contributed by atoms with Gasteiger partial charge in [-0.1, -0.05) is 13.2 Å². The first-order valence-electron chi connectivity index (χ1n) is 5.52. The Morgan fingerprint density at radius 2 is 1.83 bits per heavy atom. The normalized spacial score (nSPS) is 9.78. The van der Waals surface area contributed by atoms with Crippen LogP contribution in [0.3, 0.4) is 0 Å². The zero-order valence-corrected chi connectivity index (χ0v) is 10.3. The van der Waals surface area contributed by atoms with E-state index in [0.717, 1.165) is 0 Å². The average molecular weight is 241 g/mol. The largest absolute Gasteiger partial charge is 0.495 e. The van der Waals surface area contributed by atoms with Crippen LogP contribution in [-0.4, -0.2) is 6.61 Å². The molecule has 92 valence electrons. The van der Waals surface area contributed by atoms with Gasteiger partial charge in [0.2, 0.25) is 0 Å². The van der Waals surface area contributed by atoms with Crippen molar-refractivity contribution in [3.05, 3.63) is 66.7 Å². The Morgan fingerprint density at radius 1 is 1.22 bits per heavy atom. The van der Waals surface area contributed by atoms with Gasteiger partial charge >= 0.3 is 0 Å². The minimum absolute atomic E-state index is 0.473. The molecule has 3 nitrogen and oxygen atoms in total. The Hall–Kier alpha value is -2.47. The first kappa shape index (κ1) is 13.6. The Balaban J connectivity index is 2.54. The molecule has 0 bridgehead atoms. The maximum absolute atomic E-state index is 8.66. The van der Waals surface area contributed by atoms with E-state index in [1.165, 1.54) is 0 Å². The molecular weight excluding hydrogens is 226 g/mol. The number of allylic oxidation sites excluding steroid dienone is 2. The predicted molar refractivity (Wildman–Crippen MR) is 70.8 cm³/mol. The lowest BCUT2D eigenvalue weighted by Crippen LogP contribution is -1.91. The summed E-state index contributed by atoms with van der Waals surface area (Å²) in [4.78, 5) is 0. The molecule has 1 rings (SSSR count). The quantitative estimate of drug-likeness (QED) is 0.565. The van der Waals surface area contributed by atoms with Crippen molar-refractivity contribution >= 4 is 0 Å². The van der Waals surface area contributed by atoms with Crippen molar-refractivity contribution in [1.82, 2.24) is 0 Å². The van der Waals surface area contributed by atoms with Crippen LogP contribution in [0.5, 0.6) is 5.75 Å². The molecule has 0 saturated heterocycles. The van der Waals surface area contributed by atoms with Crippen LogP contribution in [0.1, 0.15) is 12.5 Å². The standard InChI is InChI=1S/C15H15NO2/c1-4-17-12(2)5-6-13(3)18-15-9-7-14(11-16)8-10-15/h5-10H,2-4H2,1H3/b6-5-. The van der Waals surface area contributed by atoms with Crippen molar-refractivity contribution in [2.75, 3.05) is 6.61 Å². The predicted octanol–water partition coefficient (Wildman–Crippen LogP) is 3.56. The van der Waals surface area contributed by atoms with Gasteiger partial charge in [-0.25, -0.2) is 0 Å². The Morgan fingerprint density at radius 3 is 2.39 bits per heavy atom. The van der Waals surface area contributed by atoms with Crippen molar-refractivity contribution < 1.29 is 9.47 Å². The van der Waals surface area contributed by atoms with E-state index in [2.05, 4.69) is 13.2 Å². The minimum atomic E-state index is 0.473. The van der Waals surface area contributed by atoms with E-state index >= 15 is 0 Å². The molecule has 0 radical (unpaired) electrons. The van der Waals surface area contributed by atoms with E-state index in [0.29, 0.717) is 29.4 Å². The van der Waals surface area contributed by atoms with E-state index in [1.807, 2.05) is 13.0 Å². The highest BCUT2D eigenvalue weighted by molar-refractivity contribution is 5.35. The van der Waals surface area contributed by atoms with Crippen LogP contribution in [-0.2, 0) is 4.74 Å². The first-order chi connectivity index (χ1) is 8.65. The molecule has 0 saturated carbocycles. The molecule has 0 aromatic heterocycles. The third-order valence-electron chi connectivity index (χ3n) is 2.02. The lowest BCUT2D eigenvalue weighted by molar-refractivity contribution is 0.244. The number of hydrogen-bond acceptors (Lipinski definition) is 3. The number of nitrogens with zero attached hydrogens (tertiary/aromatic N) is 1. The van der Waals surface area contributed by atoms with Gasteiger partial charge < -0.3 is 9.47 Å². The molecular formula is C15H15NO2. The van der Waals surface area contributed by atoms with Crippen molar-refractivity contribution in [3.8, 4) is 11.8 Å². The summed E-state index contributed by atoms with van der Waals surface area (Å²) in [5, 5.41) is 8.66. The molecule has 0 aliphatic heterocycles. The SMILES string of the molecule is C=C(/C=C\C(=C)Oc1ccc(C#N)cc1)OCC. The summed E-state index contributed by atoms with van der Waals surface area (Å²) in [7, 11) is 0. The maximum Gasteiger partial charge on any atom is 0.127 e. The molecule has 1 aromatic rings. The monoisotopic (exact) mass is 241 g/mol. The number of ether oxygens (including phenoxy) is 2. The zero-order chi connectivity index (χ0) is 13.4. The van der Waals surface area contributed by atoms with Gasteiger partial charge in [-0.05, 0) is 43.3 Å². The van der Waals surface area contributed by atoms with Crippen LogP contribution in [0.2, 0.25) is 0 Å². The summed E-state index contributed by atoms with van der Waals surface area (Å²) in [6, 6.07) is 8.85. The van der Waals surface area contributed by atoms with Gasteiger partial charge in [-0.3, -0.25) is 0 Å². The van der Waals surface area contributed by atoms with Crippen molar-refractivity contribution in [2.45, 2.75) is 6.92 Å². The van der Waals surface area contributed by atoms with Crippen LogP contribution < -0.4 is 4.74 Å². The van der Waals surface area contributed by atoms with Crippen LogP contribution >= 0.6 is 0 Å². The fourth-order valence-electron chi connectivity index (χ4n) is 1.20. The molecule has 0 spiro atoms. The highest BCUT2D eigenvalue weighted by Gasteiger charge is 1.96. The second-order valence-electron chi connectivity index (χ2n) is 3.44.